The van der Waals surface area contributed by atoms with Crippen molar-refractivity contribution in [3.63, 3.8) is 0 Å². The van der Waals surface area contributed by atoms with Gasteiger partial charge in [0.2, 0.25) is 0 Å². The second-order valence-corrected chi connectivity index (χ2v) is 2.19. The summed E-state index contributed by atoms with van der Waals surface area (Å²) >= 11 is 5.48. The molecule has 1 N–H and O–H groups in total. The fourth-order valence-electron chi connectivity index (χ4n) is 0.695. The molecular weight excluding hydrogens is 164 g/mol. The number of halogens is 1. The molecule has 0 aromatic carbocycles. The second kappa shape index (κ2) is 3.93. The van der Waals surface area contributed by atoms with Crippen molar-refractivity contribution < 1.29 is 5.21 Å². The van der Waals surface area contributed by atoms with E-state index in [9.17, 15) is 0 Å². The molecular formula is C7H7ClN2O. The van der Waals surface area contributed by atoms with Crippen LogP contribution in [0.15, 0.2) is 29.7 Å². The second-order valence-electron chi connectivity index (χ2n) is 1.92. The standard InChI is InChI=1S/C7H7ClN2O/c8-4-7(10-11)6-2-1-3-9-5-6/h1-3,5,11H,4H2/b10-7+. The highest BCUT2D eigenvalue weighted by molar-refractivity contribution is 6.31. The van der Waals surface area contributed by atoms with Gasteiger partial charge in [0, 0.05) is 18.0 Å². The highest BCUT2D eigenvalue weighted by atomic mass is 35.5. The van der Waals surface area contributed by atoms with Gasteiger partial charge in [0.05, 0.1) is 5.88 Å². The van der Waals surface area contributed by atoms with Crippen LogP contribution < -0.4 is 0 Å². The van der Waals surface area contributed by atoms with Crippen LogP contribution in [0.25, 0.3) is 0 Å². The zero-order valence-electron chi connectivity index (χ0n) is 5.74. The lowest BCUT2D eigenvalue weighted by molar-refractivity contribution is 0.319. The van der Waals surface area contributed by atoms with Crippen molar-refractivity contribution in [3.8, 4) is 0 Å². The molecule has 0 saturated carbocycles. The van der Waals surface area contributed by atoms with Gasteiger partial charge in [-0.25, -0.2) is 0 Å². The van der Waals surface area contributed by atoms with Crippen molar-refractivity contribution in [2.45, 2.75) is 0 Å². The van der Waals surface area contributed by atoms with Crippen molar-refractivity contribution >= 4 is 17.3 Å². The number of hydrogen-bond acceptors (Lipinski definition) is 3. The van der Waals surface area contributed by atoms with Crippen LogP contribution in [0.2, 0.25) is 0 Å². The quantitative estimate of drug-likeness (QED) is 0.317. The highest BCUT2D eigenvalue weighted by Gasteiger charge is 2.00. The average Bonchev–Trinajstić information content (AvgIpc) is 2.09. The first-order chi connectivity index (χ1) is 5.38. The Morgan fingerprint density at radius 3 is 3.00 bits per heavy atom. The van der Waals surface area contributed by atoms with Gasteiger partial charge < -0.3 is 5.21 Å². The summed E-state index contributed by atoms with van der Waals surface area (Å²) in [5.41, 5.74) is 1.17. The Morgan fingerprint density at radius 2 is 2.55 bits per heavy atom. The molecule has 0 saturated heterocycles. The molecule has 0 amide bonds. The Bertz CT molecular complexity index is 248. The Hall–Kier alpha value is -1.09. The molecule has 0 unspecified atom stereocenters. The fraction of sp³-hybridized carbons (Fsp3) is 0.143. The van der Waals surface area contributed by atoms with Gasteiger partial charge >= 0.3 is 0 Å². The van der Waals surface area contributed by atoms with Gasteiger partial charge in [0.15, 0.2) is 0 Å². The third-order valence-electron chi connectivity index (χ3n) is 1.24. The smallest absolute Gasteiger partial charge is 0.103 e. The molecule has 1 aromatic heterocycles. The van der Waals surface area contributed by atoms with Crippen LogP contribution >= 0.6 is 11.6 Å². The lowest BCUT2D eigenvalue weighted by atomic mass is 10.2. The first-order valence-electron chi connectivity index (χ1n) is 3.05. The summed E-state index contributed by atoms with van der Waals surface area (Å²) in [6.45, 7) is 0. The van der Waals surface area contributed by atoms with E-state index in [1.165, 1.54) is 0 Å². The largest absolute Gasteiger partial charge is 0.411 e. The van der Waals surface area contributed by atoms with Crippen molar-refractivity contribution in [1.29, 1.82) is 0 Å². The number of oxime groups is 1. The van der Waals surface area contributed by atoms with E-state index < -0.39 is 0 Å². The molecule has 0 radical (unpaired) electrons. The molecule has 3 nitrogen and oxygen atoms in total. The highest BCUT2D eigenvalue weighted by Crippen LogP contribution is 1.99. The third-order valence-corrected chi connectivity index (χ3v) is 1.50. The molecule has 0 aliphatic rings. The predicted octanol–water partition coefficient (Wildman–Crippen LogP) is 1.50. The van der Waals surface area contributed by atoms with Gasteiger partial charge in [-0.1, -0.05) is 5.16 Å². The summed E-state index contributed by atoms with van der Waals surface area (Å²) in [6, 6.07) is 3.54. The van der Waals surface area contributed by atoms with E-state index in [0.29, 0.717) is 5.71 Å². The Labute approximate surface area is 69.3 Å². The Balaban J connectivity index is 2.92. The van der Waals surface area contributed by atoms with Crippen molar-refractivity contribution in [3.05, 3.63) is 30.1 Å². The molecule has 4 heteroatoms. The monoisotopic (exact) mass is 170 g/mol. The lowest BCUT2D eigenvalue weighted by Crippen LogP contribution is -2.02. The number of pyridine rings is 1. The fourth-order valence-corrected chi connectivity index (χ4v) is 0.903. The van der Waals surface area contributed by atoms with Crippen molar-refractivity contribution in [2.75, 3.05) is 5.88 Å². The average molecular weight is 171 g/mol. The first-order valence-corrected chi connectivity index (χ1v) is 3.59. The molecule has 0 fully saturated rings. The van der Waals surface area contributed by atoms with E-state index in [0.717, 1.165) is 5.56 Å². The zero-order chi connectivity index (χ0) is 8.10. The number of hydrogen-bond donors (Lipinski definition) is 1. The van der Waals surface area contributed by atoms with Crippen molar-refractivity contribution in [1.82, 2.24) is 4.98 Å². The maximum Gasteiger partial charge on any atom is 0.103 e. The van der Waals surface area contributed by atoms with Gasteiger partial charge in [0.25, 0.3) is 0 Å². The molecule has 1 rings (SSSR count). The molecule has 1 aromatic rings. The van der Waals surface area contributed by atoms with E-state index in [4.69, 9.17) is 16.8 Å². The Morgan fingerprint density at radius 1 is 1.73 bits per heavy atom. The van der Waals surface area contributed by atoms with E-state index in [1.54, 1.807) is 24.5 Å². The van der Waals surface area contributed by atoms with E-state index in [2.05, 4.69) is 10.1 Å². The molecule has 0 bridgehead atoms. The van der Waals surface area contributed by atoms with Crippen LogP contribution in [0.5, 0.6) is 0 Å². The normalized spacial score (nSPS) is 11.5. The molecule has 0 spiro atoms. The van der Waals surface area contributed by atoms with Crippen LogP contribution in [0.3, 0.4) is 0 Å². The molecule has 11 heavy (non-hydrogen) atoms. The van der Waals surface area contributed by atoms with E-state index in [-0.39, 0.29) is 5.88 Å². The van der Waals surface area contributed by atoms with Gasteiger partial charge in [-0.15, -0.1) is 11.6 Å². The summed E-state index contributed by atoms with van der Waals surface area (Å²) in [5, 5.41) is 11.5. The molecule has 0 atom stereocenters. The van der Waals surface area contributed by atoms with E-state index in [1.807, 2.05) is 0 Å². The lowest BCUT2D eigenvalue weighted by Gasteiger charge is -1.96. The summed E-state index contributed by atoms with van der Waals surface area (Å²) in [4.78, 5) is 3.85. The van der Waals surface area contributed by atoms with Gasteiger partial charge in [-0.3, -0.25) is 4.98 Å². The minimum absolute atomic E-state index is 0.183. The zero-order valence-corrected chi connectivity index (χ0v) is 6.49. The summed E-state index contributed by atoms with van der Waals surface area (Å²) in [7, 11) is 0. The topological polar surface area (TPSA) is 45.5 Å². The van der Waals surface area contributed by atoms with Crippen LogP contribution in [-0.2, 0) is 0 Å². The first kappa shape index (κ1) is 8.01. The predicted molar refractivity (Wildman–Crippen MR) is 43.3 cm³/mol. The summed E-state index contributed by atoms with van der Waals surface area (Å²) < 4.78 is 0. The summed E-state index contributed by atoms with van der Waals surface area (Å²) in [5.74, 6) is 0.183. The third kappa shape index (κ3) is 1.91. The van der Waals surface area contributed by atoms with Gasteiger partial charge in [-0.05, 0) is 12.1 Å². The Kier molecular flexibility index (Phi) is 2.86. The SMILES string of the molecule is O/N=C(\CCl)c1cccnc1. The van der Waals surface area contributed by atoms with Gasteiger partial charge in [0.1, 0.15) is 5.71 Å². The molecule has 58 valence electrons. The number of nitrogens with zero attached hydrogens (tertiary/aromatic N) is 2. The van der Waals surface area contributed by atoms with Crippen LogP contribution in [0.4, 0.5) is 0 Å². The van der Waals surface area contributed by atoms with Crippen molar-refractivity contribution in [2.24, 2.45) is 5.16 Å². The van der Waals surface area contributed by atoms with Gasteiger partial charge in [-0.2, -0.15) is 0 Å². The number of aromatic nitrogens is 1. The van der Waals surface area contributed by atoms with Crippen LogP contribution in [-0.4, -0.2) is 21.8 Å². The molecule has 0 aliphatic heterocycles. The maximum absolute atomic E-state index is 8.46. The minimum Gasteiger partial charge on any atom is -0.411 e. The number of alkyl halides is 1. The summed E-state index contributed by atoms with van der Waals surface area (Å²) in [6.07, 6.45) is 3.24. The number of rotatable bonds is 2. The minimum atomic E-state index is 0.183. The molecule has 0 aliphatic carbocycles. The molecule has 1 heterocycles. The van der Waals surface area contributed by atoms with Crippen LogP contribution in [0.1, 0.15) is 5.56 Å². The van der Waals surface area contributed by atoms with E-state index >= 15 is 0 Å². The maximum atomic E-state index is 8.46. The van der Waals surface area contributed by atoms with Crippen LogP contribution in [0, 0.1) is 0 Å².